The molecule has 0 amide bonds. The number of hydrogen-bond acceptors (Lipinski definition) is 2. The maximum Gasteiger partial charge on any atom is 0.250 e. The molecule has 0 saturated heterocycles. The van der Waals surface area contributed by atoms with Crippen LogP contribution in [0.2, 0.25) is 0 Å². The van der Waals surface area contributed by atoms with Crippen LogP contribution in [-0.4, -0.2) is 4.57 Å². The minimum Gasteiger partial charge on any atom is -0.489 e. The average Bonchev–Trinajstić information content (AvgIpc) is 2.70. The molecule has 0 bridgehead atoms. The van der Waals surface area contributed by atoms with Crippen molar-refractivity contribution < 1.29 is 4.74 Å². The summed E-state index contributed by atoms with van der Waals surface area (Å²) >= 11 is 0. The van der Waals surface area contributed by atoms with Gasteiger partial charge in [-0.3, -0.25) is 4.79 Å². The van der Waals surface area contributed by atoms with E-state index in [0.717, 1.165) is 33.3 Å². The highest BCUT2D eigenvalue weighted by atomic mass is 16.5. The average molecular weight is 341 g/mol. The molecule has 0 aliphatic carbocycles. The smallest absolute Gasteiger partial charge is 0.250 e. The van der Waals surface area contributed by atoms with Gasteiger partial charge >= 0.3 is 0 Å². The van der Waals surface area contributed by atoms with Gasteiger partial charge in [0.1, 0.15) is 12.4 Å². The molecule has 0 spiro atoms. The van der Waals surface area contributed by atoms with Crippen molar-refractivity contribution in [3.05, 3.63) is 101 Å². The van der Waals surface area contributed by atoms with Gasteiger partial charge < -0.3 is 9.30 Å². The second kappa shape index (κ2) is 6.89. The van der Waals surface area contributed by atoms with Gasteiger partial charge in [-0.15, -0.1) is 0 Å². The summed E-state index contributed by atoms with van der Waals surface area (Å²) < 4.78 is 7.60. The SMILES string of the molecule is Cn1c(=O)ccc2cc(-c3cccc(OCc4ccccc4)c3)ccc21. The second-order valence-corrected chi connectivity index (χ2v) is 6.31. The maximum absolute atomic E-state index is 11.8. The van der Waals surface area contributed by atoms with Gasteiger partial charge in [0.05, 0.1) is 5.52 Å². The van der Waals surface area contributed by atoms with E-state index in [-0.39, 0.29) is 5.56 Å². The molecule has 3 aromatic carbocycles. The summed E-state index contributed by atoms with van der Waals surface area (Å²) in [6.45, 7) is 0.546. The predicted octanol–water partition coefficient (Wildman–Crippen LogP) is 4.78. The molecular weight excluding hydrogens is 322 g/mol. The van der Waals surface area contributed by atoms with Crippen LogP contribution in [0.15, 0.2) is 89.7 Å². The van der Waals surface area contributed by atoms with Crippen LogP contribution >= 0.6 is 0 Å². The van der Waals surface area contributed by atoms with Crippen molar-refractivity contribution in [1.82, 2.24) is 4.57 Å². The van der Waals surface area contributed by atoms with E-state index in [0.29, 0.717) is 6.61 Å². The highest BCUT2D eigenvalue weighted by Crippen LogP contribution is 2.27. The molecule has 3 nitrogen and oxygen atoms in total. The lowest BCUT2D eigenvalue weighted by Gasteiger charge is -2.10. The van der Waals surface area contributed by atoms with Crippen molar-refractivity contribution in [2.45, 2.75) is 6.61 Å². The minimum absolute atomic E-state index is 0.00144. The standard InChI is InChI=1S/C23H19NO2/c1-24-22-12-10-19(14-20(22)11-13-23(24)25)18-8-5-9-21(15-18)26-16-17-6-3-2-4-7-17/h2-15H,16H2,1H3. The lowest BCUT2D eigenvalue weighted by molar-refractivity contribution is 0.306. The monoisotopic (exact) mass is 341 g/mol. The summed E-state index contributed by atoms with van der Waals surface area (Å²) in [5.41, 5.74) is 4.26. The lowest BCUT2D eigenvalue weighted by atomic mass is 10.0. The molecule has 1 heterocycles. The normalized spacial score (nSPS) is 10.8. The van der Waals surface area contributed by atoms with Crippen molar-refractivity contribution in [3.63, 3.8) is 0 Å². The number of rotatable bonds is 4. The Morgan fingerprint density at radius 2 is 1.62 bits per heavy atom. The highest BCUT2D eigenvalue weighted by Gasteiger charge is 2.04. The Morgan fingerprint density at radius 3 is 2.46 bits per heavy atom. The van der Waals surface area contributed by atoms with Crippen molar-refractivity contribution in [3.8, 4) is 16.9 Å². The Bertz CT molecular complexity index is 1110. The zero-order valence-electron chi connectivity index (χ0n) is 14.6. The van der Waals surface area contributed by atoms with E-state index in [9.17, 15) is 4.79 Å². The molecule has 0 N–H and O–H groups in total. The quantitative estimate of drug-likeness (QED) is 0.535. The Kier molecular flexibility index (Phi) is 4.28. The first-order valence-electron chi connectivity index (χ1n) is 8.58. The van der Waals surface area contributed by atoms with Crippen LogP contribution in [0, 0.1) is 0 Å². The van der Waals surface area contributed by atoms with Gasteiger partial charge in [-0.2, -0.15) is 0 Å². The van der Waals surface area contributed by atoms with Gasteiger partial charge in [0.2, 0.25) is 0 Å². The number of nitrogens with zero attached hydrogens (tertiary/aromatic N) is 1. The summed E-state index contributed by atoms with van der Waals surface area (Å²) in [6.07, 6.45) is 0. The molecule has 4 aromatic rings. The van der Waals surface area contributed by atoms with Crippen molar-refractivity contribution in [2.75, 3.05) is 0 Å². The molecule has 0 atom stereocenters. The Balaban J connectivity index is 1.63. The summed E-state index contributed by atoms with van der Waals surface area (Å²) in [4.78, 5) is 11.8. The molecule has 0 saturated carbocycles. The Morgan fingerprint density at radius 1 is 0.808 bits per heavy atom. The van der Waals surface area contributed by atoms with Crippen LogP contribution < -0.4 is 10.3 Å². The molecule has 1 aromatic heterocycles. The van der Waals surface area contributed by atoms with E-state index in [4.69, 9.17) is 4.74 Å². The van der Waals surface area contributed by atoms with Crippen LogP contribution in [0.1, 0.15) is 5.56 Å². The van der Waals surface area contributed by atoms with Crippen LogP contribution in [0.4, 0.5) is 0 Å². The van der Waals surface area contributed by atoms with E-state index >= 15 is 0 Å². The fraction of sp³-hybridized carbons (Fsp3) is 0.0870. The number of hydrogen-bond donors (Lipinski definition) is 0. The first kappa shape index (κ1) is 16.2. The lowest BCUT2D eigenvalue weighted by Crippen LogP contribution is -2.14. The van der Waals surface area contributed by atoms with Gasteiger partial charge in [-0.1, -0.05) is 48.5 Å². The third-order valence-corrected chi connectivity index (χ3v) is 4.54. The number of aromatic nitrogens is 1. The third kappa shape index (κ3) is 3.24. The number of aryl methyl sites for hydroxylation is 1. The predicted molar refractivity (Wildman–Crippen MR) is 105 cm³/mol. The molecule has 26 heavy (non-hydrogen) atoms. The molecule has 0 aliphatic rings. The fourth-order valence-corrected chi connectivity index (χ4v) is 3.07. The van der Waals surface area contributed by atoms with Gasteiger partial charge in [-0.25, -0.2) is 0 Å². The first-order chi connectivity index (χ1) is 12.7. The zero-order valence-corrected chi connectivity index (χ0v) is 14.6. The number of pyridine rings is 1. The molecular formula is C23H19NO2. The van der Waals surface area contributed by atoms with Gasteiger partial charge in [0.15, 0.2) is 0 Å². The molecule has 0 fully saturated rings. The van der Waals surface area contributed by atoms with Gasteiger partial charge in [0.25, 0.3) is 5.56 Å². The Labute approximate surface area is 152 Å². The molecule has 3 heteroatoms. The zero-order chi connectivity index (χ0) is 17.9. The number of ether oxygens (including phenoxy) is 1. The number of benzene rings is 3. The van der Waals surface area contributed by atoms with Crippen LogP contribution in [0.3, 0.4) is 0 Å². The molecule has 0 radical (unpaired) electrons. The summed E-state index contributed by atoms with van der Waals surface area (Å²) in [5, 5.41) is 1.04. The first-order valence-corrected chi connectivity index (χ1v) is 8.58. The number of fused-ring (bicyclic) bond motifs is 1. The van der Waals surface area contributed by atoms with Crippen LogP contribution in [0.5, 0.6) is 5.75 Å². The Hall–Kier alpha value is -3.33. The third-order valence-electron chi connectivity index (χ3n) is 4.54. The molecule has 4 rings (SSSR count). The van der Waals surface area contributed by atoms with Crippen LogP contribution in [-0.2, 0) is 13.7 Å². The van der Waals surface area contributed by atoms with Crippen molar-refractivity contribution >= 4 is 10.9 Å². The second-order valence-electron chi connectivity index (χ2n) is 6.31. The summed E-state index contributed by atoms with van der Waals surface area (Å²) in [6, 6.07) is 27.8. The van der Waals surface area contributed by atoms with Crippen molar-refractivity contribution in [1.29, 1.82) is 0 Å². The highest BCUT2D eigenvalue weighted by molar-refractivity contribution is 5.85. The minimum atomic E-state index is 0.00144. The molecule has 0 aliphatic heterocycles. The van der Waals surface area contributed by atoms with Crippen LogP contribution in [0.25, 0.3) is 22.0 Å². The molecule has 128 valence electrons. The van der Waals surface area contributed by atoms with E-state index in [2.05, 4.69) is 24.3 Å². The van der Waals surface area contributed by atoms with E-state index in [1.807, 2.05) is 54.6 Å². The largest absolute Gasteiger partial charge is 0.489 e. The summed E-state index contributed by atoms with van der Waals surface area (Å²) in [7, 11) is 1.79. The van der Waals surface area contributed by atoms with Gasteiger partial charge in [0, 0.05) is 13.1 Å². The topological polar surface area (TPSA) is 31.2 Å². The van der Waals surface area contributed by atoms with E-state index in [1.54, 1.807) is 17.7 Å². The van der Waals surface area contributed by atoms with E-state index < -0.39 is 0 Å². The maximum atomic E-state index is 11.8. The fourth-order valence-electron chi connectivity index (χ4n) is 3.07. The van der Waals surface area contributed by atoms with E-state index in [1.165, 1.54) is 0 Å². The van der Waals surface area contributed by atoms with Crippen molar-refractivity contribution in [2.24, 2.45) is 7.05 Å². The van der Waals surface area contributed by atoms with Gasteiger partial charge in [-0.05, 0) is 52.4 Å². The molecule has 0 unspecified atom stereocenters. The summed E-state index contributed by atoms with van der Waals surface area (Å²) in [5.74, 6) is 0.840.